The van der Waals surface area contributed by atoms with Gasteiger partial charge in [-0.15, -0.1) is 0 Å². The van der Waals surface area contributed by atoms with E-state index in [2.05, 4.69) is 5.32 Å². The van der Waals surface area contributed by atoms with E-state index in [1.165, 1.54) is 19.1 Å². The highest BCUT2D eigenvalue weighted by molar-refractivity contribution is 6.30. The zero-order valence-corrected chi connectivity index (χ0v) is 17.4. The lowest BCUT2D eigenvalue weighted by Gasteiger charge is -2.19. The second kappa shape index (κ2) is 9.44. The Hall–Kier alpha value is -3.04. The van der Waals surface area contributed by atoms with Crippen LogP contribution in [-0.2, 0) is 4.79 Å². The zero-order valence-electron chi connectivity index (χ0n) is 16.6. The van der Waals surface area contributed by atoms with Gasteiger partial charge in [-0.1, -0.05) is 24.6 Å². The highest BCUT2D eigenvalue weighted by Crippen LogP contribution is 2.38. The van der Waals surface area contributed by atoms with Crippen LogP contribution in [0.3, 0.4) is 0 Å². The quantitative estimate of drug-likeness (QED) is 0.347. The molecule has 0 radical (unpaired) electrons. The third kappa shape index (κ3) is 5.27. The van der Waals surface area contributed by atoms with Crippen molar-refractivity contribution in [2.24, 2.45) is 0 Å². The molecule has 0 aliphatic heterocycles. The largest absolute Gasteiger partial charge is 0.511 e. The van der Waals surface area contributed by atoms with Crippen LogP contribution in [0.1, 0.15) is 32.8 Å². The Kier molecular flexibility index (Phi) is 7.24. The highest BCUT2D eigenvalue weighted by atomic mass is 35.5. The van der Waals surface area contributed by atoms with Gasteiger partial charge in [-0.05, 0) is 56.5 Å². The van der Waals surface area contributed by atoms with Crippen LogP contribution in [0.4, 0.5) is 10.1 Å². The van der Waals surface area contributed by atoms with Crippen molar-refractivity contribution in [2.75, 3.05) is 5.32 Å². The Labute approximate surface area is 174 Å². The average Bonchev–Trinajstić information content (AvgIpc) is 2.66. The van der Waals surface area contributed by atoms with Gasteiger partial charge < -0.3 is 15.2 Å². The number of nitriles is 1. The van der Waals surface area contributed by atoms with Crippen LogP contribution in [0.15, 0.2) is 41.7 Å². The van der Waals surface area contributed by atoms with Crippen LogP contribution in [0.25, 0.3) is 11.1 Å². The number of halogens is 2. The zero-order chi connectivity index (χ0) is 21.7. The molecule has 2 aromatic carbocycles. The van der Waals surface area contributed by atoms with Gasteiger partial charge in [-0.25, -0.2) is 4.39 Å². The number of aliphatic hydroxyl groups is 1. The summed E-state index contributed by atoms with van der Waals surface area (Å²) in [5.74, 6) is -1.71. The second-order valence-corrected chi connectivity index (χ2v) is 7.09. The summed E-state index contributed by atoms with van der Waals surface area (Å²) in [6.45, 7) is 6.91. The number of carbonyl (C=O) groups is 1. The summed E-state index contributed by atoms with van der Waals surface area (Å²) in [6.07, 6.45) is 0.564. The standard InChI is InChI=1S/C22H22ClFN2O3/c1-5-13(3)29-21-10-20(26-22(28)18(11-25)14(4)27)19(24)9-17(21)16-8-15(23)7-6-12(16)2/h6-10,13,27H,5H2,1-4H3,(H,26,28)/b18-14-. The first-order valence-electron chi connectivity index (χ1n) is 9.05. The number of rotatable bonds is 6. The van der Waals surface area contributed by atoms with Crippen LogP contribution < -0.4 is 10.1 Å². The summed E-state index contributed by atoms with van der Waals surface area (Å²) in [6, 6.07) is 9.52. The smallest absolute Gasteiger partial charge is 0.269 e. The van der Waals surface area contributed by atoms with Gasteiger partial charge in [-0.3, -0.25) is 4.79 Å². The minimum Gasteiger partial charge on any atom is -0.511 e. The van der Waals surface area contributed by atoms with Gasteiger partial charge in [0.2, 0.25) is 0 Å². The first-order valence-corrected chi connectivity index (χ1v) is 9.43. The van der Waals surface area contributed by atoms with E-state index in [-0.39, 0.29) is 11.8 Å². The van der Waals surface area contributed by atoms with Crippen molar-refractivity contribution in [1.82, 2.24) is 0 Å². The molecule has 1 unspecified atom stereocenters. The number of hydrogen-bond acceptors (Lipinski definition) is 4. The molecule has 5 nitrogen and oxygen atoms in total. The minimum absolute atomic E-state index is 0.156. The fourth-order valence-corrected chi connectivity index (χ4v) is 2.79. The van der Waals surface area contributed by atoms with E-state index in [9.17, 15) is 14.3 Å². The molecule has 2 rings (SSSR count). The summed E-state index contributed by atoms with van der Waals surface area (Å²) < 4.78 is 20.8. The molecular formula is C22H22ClFN2O3. The summed E-state index contributed by atoms with van der Waals surface area (Å²) in [5.41, 5.74) is 1.42. The number of hydrogen-bond donors (Lipinski definition) is 2. The van der Waals surface area contributed by atoms with Crippen molar-refractivity contribution in [2.45, 2.75) is 40.2 Å². The monoisotopic (exact) mass is 416 g/mol. The Balaban J connectivity index is 2.59. The Morgan fingerprint density at radius 2 is 2.03 bits per heavy atom. The number of nitrogens with zero attached hydrogens (tertiary/aromatic N) is 1. The number of benzene rings is 2. The van der Waals surface area contributed by atoms with Gasteiger partial charge in [0.25, 0.3) is 5.91 Å². The van der Waals surface area contributed by atoms with Gasteiger partial charge in [0, 0.05) is 16.7 Å². The Bertz CT molecular complexity index is 1010. The Morgan fingerprint density at radius 1 is 1.34 bits per heavy atom. The van der Waals surface area contributed by atoms with E-state index in [0.29, 0.717) is 21.9 Å². The van der Waals surface area contributed by atoms with Crippen LogP contribution in [0.2, 0.25) is 5.02 Å². The molecule has 2 N–H and O–H groups in total. The lowest BCUT2D eigenvalue weighted by Crippen LogP contribution is -2.17. The van der Waals surface area contributed by atoms with Crippen molar-refractivity contribution in [3.05, 3.63) is 58.1 Å². The molecule has 152 valence electrons. The number of allylic oxidation sites excluding steroid dienone is 1. The molecule has 0 spiro atoms. The molecule has 2 aromatic rings. The highest BCUT2D eigenvalue weighted by Gasteiger charge is 2.20. The Morgan fingerprint density at radius 3 is 2.62 bits per heavy atom. The minimum atomic E-state index is -0.910. The van der Waals surface area contributed by atoms with Crippen LogP contribution >= 0.6 is 11.6 Å². The molecule has 0 aliphatic carbocycles. The fourth-order valence-electron chi connectivity index (χ4n) is 2.62. The van der Waals surface area contributed by atoms with E-state index < -0.39 is 23.1 Å². The molecule has 29 heavy (non-hydrogen) atoms. The SMILES string of the molecule is CCC(C)Oc1cc(NC(=O)/C(C#N)=C(/C)O)c(F)cc1-c1cc(Cl)ccc1C. The number of ether oxygens (including phenoxy) is 1. The number of amides is 1. The van der Waals surface area contributed by atoms with Gasteiger partial charge in [0.05, 0.1) is 11.8 Å². The number of aliphatic hydroxyl groups excluding tert-OH is 1. The molecule has 7 heteroatoms. The maximum absolute atomic E-state index is 14.8. The molecule has 0 saturated heterocycles. The van der Waals surface area contributed by atoms with E-state index in [0.717, 1.165) is 12.0 Å². The van der Waals surface area contributed by atoms with E-state index in [4.69, 9.17) is 21.6 Å². The molecule has 1 amide bonds. The van der Waals surface area contributed by atoms with E-state index in [1.807, 2.05) is 26.8 Å². The maximum atomic E-state index is 14.8. The molecule has 0 saturated carbocycles. The summed E-state index contributed by atoms with van der Waals surface area (Å²) in [5, 5.41) is 21.3. The van der Waals surface area contributed by atoms with Crippen molar-refractivity contribution in [3.63, 3.8) is 0 Å². The topological polar surface area (TPSA) is 82.3 Å². The molecule has 0 fully saturated rings. The fraction of sp³-hybridized carbons (Fsp3) is 0.273. The second-order valence-electron chi connectivity index (χ2n) is 6.65. The predicted molar refractivity (Wildman–Crippen MR) is 112 cm³/mol. The van der Waals surface area contributed by atoms with Crippen molar-refractivity contribution < 1.29 is 19.0 Å². The third-order valence-electron chi connectivity index (χ3n) is 4.41. The van der Waals surface area contributed by atoms with Crippen LogP contribution in [0, 0.1) is 24.1 Å². The van der Waals surface area contributed by atoms with Gasteiger partial charge >= 0.3 is 0 Å². The van der Waals surface area contributed by atoms with Crippen molar-refractivity contribution >= 4 is 23.2 Å². The lowest BCUT2D eigenvalue weighted by molar-refractivity contribution is -0.112. The number of anilines is 1. The first-order chi connectivity index (χ1) is 13.7. The number of aryl methyl sites for hydroxylation is 1. The van der Waals surface area contributed by atoms with Crippen LogP contribution in [-0.4, -0.2) is 17.1 Å². The van der Waals surface area contributed by atoms with E-state index in [1.54, 1.807) is 18.2 Å². The normalized spacial score (nSPS) is 12.6. The molecule has 0 aliphatic rings. The van der Waals surface area contributed by atoms with Gasteiger partial charge in [0.1, 0.15) is 23.4 Å². The maximum Gasteiger partial charge on any atom is 0.269 e. The average molecular weight is 417 g/mol. The molecule has 0 bridgehead atoms. The van der Waals surface area contributed by atoms with Crippen molar-refractivity contribution in [1.29, 1.82) is 5.26 Å². The third-order valence-corrected chi connectivity index (χ3v) is 4.65. The van der Waals surface area contributed by atoms with Crippen LogP contribution in [0.5, 0.6) is 5.75 Å². The predicted octanol–water partition coefficient (Wildman–Crippen LogP) is 5.93. The molecule has 1 atom stereocenters. The number of carbonyl (C=O) groups excluding carboxylic acids is 1. The lowest BCUT2D eigenvalue weighted by atomic mass is 9.99. The molecule has 0 heterocycles. The van der Waals surface area contributed by atoms with Gasteiger partial charge in [-0.2, -0.15) is 5.26 Å². The van der Waals surface area contributed by atoms with E-state index >= 15 is 0 Å². The first kappa shape index (κ1) is 22.3. The molecular weight excluding hydrogens is 395 g/mol. The number of nitrogens with one attached hydrogen (secondary N) is 1. The molecule has 0 aromatic heterocycles. The summed E-state index contributed by atoms with van der Waals surface area (Å²) in [4.78, 5) is 12.2. The summed E-state index contributed by atoms with van der Waals surface area (Å²) in [7, 11) is 0. The van der Waals surface area contributed by atoms with Crippen molar-refractivity contribution in [3.8, 4) is 22.9 Å². The van der Waals surface area contributed by atoms with Gasteiger partial charge in [0.15, 0.2) is 5.57 Å². The summed E-state index contributed by atoms with van der Waals surface area (Å²) >= 11 is 6.12.